The number of fused-ring (bicyclic) bond motifs is 4. The molecule has 1 saturated heterocycles. The maximum Gasteiger partial charge on any atom is 0.418 e. The van der Waals surface area contributed by atoms with Crippen molar-refractivity contribution in [2.24, 2.45) is 0 Å². The summed E-state index contributed by atoms with van der Waals surface area (Å²) in [6.45, 7) is 0. The number of hydrogen-bond donors (Lipinski definition) is 0. The fourth-order valence-corrected chi connectivity index (χ4v) is 3.48. The van der Waals surface area contributed by atoms with Gasteiger partial charge < -0.3 is 4.74 Å². The molecular weight excluding hydrogens is 278 g/mol. The molecule has 2 aromatic rings. The molecular formula is C18H15NO3. The zero-order chi connectivity index (χ0) is 15.3. The second-order valence-corrected chi connectivity index (χ2v) is 5.73. The Kier molecular flexibility index (Phi) is 2.64. The number of aryl methyl sites for hydroxylation is 2. The number of carbonyl (C=O) groups is 2. The van der Waals surface area contributed by atoms with Crippen LogP contribution in [0.5, 0.6) is 0 Å². The maximum absolute atomic E-state index is 13.0. The molecule has 2 aliphatic rings. The molecule has 0 unspecified atom stereocenters. The Morgan fingerprint density at radius 2 is 1.41 bits per heavy atom. The lowest BCUT2D eigenvalue weighted by Gasteiger charge is -2.27. The van der Waals surface area contributed by atoms with Crippen LogP contribution in [0.15, 0.2) is 48.5 Å². The number of rotatable bonds is 0. The van der Waals surface area contributed by atoms with E-state index in [0.29, 0.717) is 0 Å². The molecule has 2 amide bonds. The molecule has 1 heterocycles. The minimum Gasteiger partial charge on any atom is -0.422 e. The molecule has 4 heteroatoms. The molecule has 2 aromatic carbocycles. The highest BCUT2D eigenvalue weighted by molar-refractivity contribution is 6.05. The Balaban J connectivity index is 2.09. The van der Waals surface area contributed by atoms with Crippen molar-refractivity contribution in [1.82, 2.24) is 4.90 Å². The number of amides is 2. The van der Waals surface area contributed by atoms with Crippen molar-refractivity contribution in [3.8, 4) is 0 Å². The van der Waals surface area contributed by atoms with E-state index in [4.69, 9.17) is 4.74 Å². The van der Waals surface area contributed by atoms with Gasteiger partial charge in [0.05, 0.1) is 0 Å². The van der Waals surface area contributed by atoms with E-state index in [1.54, 1.807) is 0 Å². The van der Waals surface area contributed by atoms with E-state index in [1.165, 1.54) is 7.05 Å². The van der Waals surface area contributed by atoms with Crippen molar-refractivity contribution in [2.45, 2.75) is 18.4 Å². The number of imide groups is 1. The molecule has 1 fully saturated rings. The van der Waals surface area contributed by atoms with Gasteiger partial charge in [-0.25, -0.2) is 9.69 Å². The number of hydrogen-bond acceptors (Lipinski definition) is 3. The quantitative estimate of drug-likeness (QED) is 0.750. The lowest BCUT2D eigenvalue weighted by atomic mass is 9.83. The van der Waals surface area contributed by atoms with Gasteiger partial charge in [-0.2, -0.15) is 0 Å². The van der Waals surface area contributed by atoms with Gasteiger partial charge >= 0.3 is 6.09 Å². The van der Waals surface area contributed by atoms with Gasteiger partial charge in [0.2, 0.25) is 5.60 Å². The van der Waals surface area contributed by atoms with Crippen molar-refractivity contribution in [2.75, 3.05) is 7.05 Å². The van der Waals surface area contributed by atoms with Crippen molar-refractivity contribution in [3.63, 3.8) is 0 Å². The number of ether oxygens (including phenoxy) is 1. The Morgan fingerprint density at radius 3 is 1.86 bits per heavy atom. The molecule has 4 rings (SSSR count). The van der Waals surface area contributed by atoms with Crippen LogP contribution in [0.1, 0.15) is 22.3 Å². The predicted molar refractivity (Wildman–Crippen MR) is 80.3 cm³/mol. The first-order valence-electron chi connectivity index (χ1n) is 7.32. The highest BCUT2D eigenvalue weighted by atomic mass is 16.6. The van der Waals surface area contributed by atoms with Crippen LogP contribution in [0.2, 0.25) is 0 Å². The van der Waals surface area contributed by atoms with Crippen LogP contribution in [0, 0.1) is 0 Å². The Hall–Kier alpha value is -2.62. The van der Waals surface area contributed by atoms with Crippen molar-refractivity contribution < 1.29 is 14.3 Å². The van der Waals surface area contributed by atoms with E-state index in [-0.39, 0.29) is 5.91 Å². The van der Waals surface area contributed by atoms with Gasteiger partial charge in [-0.3, -0.25) is 4.79 Å². The molecule has 1 aliphatic carbocycles. The zero-order valence-corrected chi connectivity index (χ0v) is 12.2. The number of carbonyl (C=O) groups excluding carboxylic acids is 2. The summed E-state index contributed by atoms with van der Waals surface area (Å²) in [7, 11) is 1.47. The van der Waals surface area contributed by atoms with Crippen LogP contribution in [-0.2, 0) is 28.0 Å². The third-order valence-corrected chi connectivity index (χ3v) is 4.58. The molecule has 0 saturated carbocycles. The summed E-state index contributed by atoms with van der Waals surface area (Å²) >= 11 is 0. The minimum absolute atomic E-state index is 0.320. The van der Waals surface area contributed by atoms with Gasteiger partial charge in [0.1, 0.15) is 0 Å². The van der Waals surface area contributed by atoms with E-state index in [9.17, 15) is 9.59 Å². The molecule has 0 radical (unpaired) electrons. The number of likely N-dealkylation sites (N-methyl/N-ethyl adjacent to an activating group) is 1. The Morgan fingerprint density at radius 1 is 0.909 bits per heavy atom. The number of benzene rings is 2. The summed E-state index contributed by atoms with van der Waals surface area (Å²) in [6.07, 6.45) is 1.05. The molecule has 0 aromatic heterocycles. The van der Waals surface area contributed by atoms with Crippen LogP contribution in [-0.4, -0.2) is 23.9 Å². The fraction of sp³-hybridized carbons (Fsp3) is 0.222. The molecule has 0 N–H and O–H groups in total. The highest BCUT2D eigenvalue weighted by Gasteiger charge is 2.57. The van der Waals surface area contributed by atoms with Crippen molar-refractivity contribution in [1.29, 1.82) is 0 Å². The third kappa shape index (κ3) is 1.52. The molecule has 4 nitrogen and oxygen atoms in total. The maximum atomic E-state index is 13.0. The summed E-state index contributed by atoms with van der Waals surface area (Å²) in [5.41, 5.74) is 2.32. The standard InChI is InChI=1S/C18H15NO3/c1-19-16(20)18(22-17(19)21)14-8-4-2-6-12(14)10-11-13-7-3-5-9-15(13)18/h2-9H,10-11H2,1H3. The first-order valence-corrected chi connectivity index (χ1v) is 7.32. The lowest BCUT2D eigenvalue weighted by Crippen LogP contribution is -2.39. The van der Waals surface area contributed by atoms with E-state index in [1.807, 2.05) is 48.5 Å². The molecule has 110 valence electrons. The Bertz CT molecular complexity index is 749. The SMILES string of the molecule is CN1C(=O)OC2(C1=O)c1ccccc1CCc1ccccc12. The molecule has 0 atom stereocenters. The predicted octanol–water partition coefficient (Wildman–Crippen LogP) is 2.64. The molecule has 0 bridgehead atoms. The Labute approximate surface area is 128 Å². The average molecular weight is 293 g/mol. The number of nitrogens with zero attached hydrogens (tertiary/aromatic N) is 1. The lowest BCUT2D eigenvalue weighted by molar-refractivity contribution is -0.134. The fourth-order valence-electron chi connectivity index (χ4n) is 3.48. The average Bonchev–Trinajstić information content (AvgIpc) is 2.71. The van der Waals surface area contributed by atoms with Gasteiger partial charge in [0.25, 0.3) is 5.91 Å². The topological polar surface area (TPSA) is 46.6 Å². The van der Waals surface area contributed by atoms with Crippen LogP contribution in [0.25, 0.3) is 0 Å². The normalized spacial score (nSPS) is 18.7. The van der Waals surface area contributed by atoms with E-state index >= 15 is 0 Å². The monoisotopic (exact) mass is 293 g/mol. The first-order chi connectivity index (χ1) is 10.6. The zero-order valence-electron chi connectivity index (χ0n) is 12.2. The van der Waals surface area contributed by atoms with Gasteiger partial charge in [-0.1, -0.05) is 48.5 Å². The van der Waals surface area contributed by atoms with Gasteiger partial charge in [0.15, 0.2) is 0 Å². The van der Waals surface area contributed by atoms with Crippen molar-refractivity contribution >= 4 is 12.0 Å². The van der Waals surface area contributed by atoms with E-state index < -0.39 is 11.7 Å². The molecule has 1 aliphatic heterocycles. The van der Waals surface area contributed by atoms with Crippen LogP contribution in [0.4, 0.5) is 4.79 Å². The second-order valence-electron chi connectivity index (χ2n) is 5.73. The summed E-state index contributed by atoms with van der Waals surface area (Å²) in [4.78, 5) is 26.1. The van der Waals surface area contributed by atoms with Crippen LogP contribution >= 0.6 is 0 Å². The molecule has 22 heavy (non-hydrogen) atoms. The highest BCUT2D eigenvalue weighted by Crippen LogP contribution is 2.45. The summed E-state index contributed by atoms with van der Waals surface area (Å²) in [5.74, 6) is -0.320. The summed E-state index contributed by atoms with van der Waals surface area (Å²) in [5, 5.41) is 0. The van der Waals surface area contributed by atoms with Crippen LogP contribution in [0.3, 0.4) is 0 Å². The first kappa shape index (κ1) is 13.1. The summed E-state index contributed by atoms with van der Waals surface area (Å²) in [6, 6.07) is 15.5. The second kappa shape index (κ2) is 4.44. The largest absolute Gasteiger partial charge is 0.422 e. The van der Waals surface area contributed by atoms with Gasteiger partial charge in [-0.05, 0) is 24.0 Å². The van der Waals surface area contributed by atoms with Gasteiger partial charge in [-0.15, -0.1) is 0 Å². The third-order valence-electron chi connectivity index (χ3n) is 4.58. The van der Waals surface area contributed by atoms with Gasteiger partial charge in [0, 0.05) is 18.2 Å². The minimum atomic E-state index is -1.34. The molecule has 1 spiro atoms. The van der Waals surface area contributed by atoms with Crippen molar-refractivity contribution in [3.05, 3.63) is 70.8 Å². The summed E-state index contributed by atoms with van der Waals surface area (Å²) < 4.78 is 5.68. The smallest absolute Gasteiger partial charge is 0.418 e. The van der Waals surface area contributed by atoms with E-state index in [0.717, 1.165) is 40.0 Å². The van der Waals surface area contributed by atoms with Crippen LogP contribution < -0.4 is 0 Å². The van der Waals surface area contributed by atoms with E-state index in [2.05, 4.69) is 0 Å².